The topological polar surface area (TPSA) is 66.4 Å². The minimum atomic E-state index is -0.572. The van der Waals surface area contributed by atoms with Gasteiger partial charge in [-0.25, -0.2) is 4.79 Å². The van der Waals surface area contributed by atoms with Gasteiger partial charge in [0.15, 0.2) is 11.4 Å². The van der Waals surface area contributed by atoms with Crippen LogP contribution in [0.25, 0.3) is 11.1 Å². The third-order valence-electron chi connectivity index (χ3n) is 4.57. The Bertz CT molecular complexity index is 1030. The zero-order valence-corrected chi connectivity index (χ0v) is 16.0. The van der Waals surface area contributed by atoms with Gasteiger partial charge in [-0.05, 0) is 39.0 Å². The molecular formula is C19H21ClN2O4. The largest absolute Gasteiger partial charge is 0.420 e. The molecule has 3 aromatic rings. The third-order valence-corrected chi connectivity index (χ3v) is 4.80. The molecule has 0 amide bonds. The lowest BCUT2D eigenvalue weighted by Gasteiger charge is -2.17. The van der Waals surface area contributed by atoms with Crippen LogP contribution in [0.1, 0.15) is 34.7 Å². The fourth-order valence-electron chi connectivity index (χ4n) is 3.47. The van der Waals surface area contributed by atoms with Crippen molar-refractivity contribution >= 4 is 28.5 Å². The number of fused-ring (bicyclic) bond motifs is 1. The fourth-order valence-corrected chi connectivity index (χ4v) is 3.63. The van der Waals surface area contributed by atoms with E-state index in [0.29, 0.717) is 28.3 Å². The zero-order valence-electron chi connectivity index (χ0n) is 15.2. The Balaban J connectivity index is 1.96. The monoisotopic (exact) mass is 376 g/mol. The van der Waals surface area contributed by atoms with Crippen LogP contribution in [0.15, 0.2) is 33.5 Å². The van der Waals surface area contributed by atoms with Crippen LogP contribution < -0.4 is 5.76 Å². The summed E-state index contributed by atoms with van der Waals surface area (Å²) in [5, 5.41) is 0.473. The molecule has 0 aliphatic rings. The second-order valence-electron chi connectivity index (χ2n) is 6.45. The number of carbonyl (C=O) groups is 1. The number of ether oxygens (including phenoxy) is 1. The molecule has 0 aliphatic heterocycles. The Labute approximate surface area is 155 Å². The first-order valence-electron chi connectivity index (χ1n) is 8.33. The number of carbonyl (C=O) groups excluding carboxylic acids is 1. The summed E-state index contributed by atoms with van der Waals surface area (Å²) in [6.07, 6.45) is 0. The summed E-state index contributed by atoms with van der Waals surface area (Å²) < 4.78 is 13.8. The highest BCUT2D eigenvalue weighted by Crippen LogP contribution is 2.23. The van der Waals surface area contributed by atoms with Crippen LogP contribution in [0.4, 0.5) is 0 Å². The maximum Gasteiger partial charge on any atom is 0.420 e. The molecule has 0 saturated heterocycles. The molecule has 6 nitrogen and oxygen atoms in total. The predicted octanol–water partition coefficient (Wildman–Crippen LogP) is 3.76. The maximum atomic E-state index is 12.9. The smallest absolute Gasteiger partial charge is 0.408 e. The summed E-state index contributed by atoms with van der Waals surface area (Å²) >= 11 is 5.93. The number of methoxy groups -OCH3 is 1. The quantitative estimate of drug-likeness (QED) is 0.614. The first kappa shape index (κ1) is 18.5. The number of benzene rings is 1. The van der Waals surface area contributed by atoms with Gasteiger partial charge in [0.25, 0.3) is 0 Å². The van der Waals surface area contributed by atoms with Crippen LogP contribution in [-0.2, 0) is 11.3 Å². The van der Waals surface area contributed by atoms with Crippen LogP contribution in [0.2, 0.25) is 5.02 Å². The molecule has 1 atom stereocenters. The number of hydrogen-bond donors (Lipinski definition) is 0. The summed E-state index contributed by atoms with van der Waals surface area (Å²) in [6.45, 7) is 6.36. The molecule has 0 unspecified atom stereocenters. The van der Waals surface area contributed by atoms with E-state index in [2.05, 4.69) is 4.57 Å². The van der Waals surface area contributed by atoms with E-state index in [4.69, 9.17) is 20.8 Å². The van der Waals surface area contributed by atoms with Crippen LogP contribution in [-0.4, -0.2) is 28.6 Å². The van der Waals surface area contributed by atoms with E-state index >= 15 is 0 Å². The van der Waals surface area contributed by atoms with Crippen molar-refractivity contribution in [3.8, 4) is 0 Å². The van der Waals surface area contributed by atoms with Gasteiger partial charge in [0.05, 0.1) is 24.7 Å². The number of aromatic nitrogens is 2. The molecule has 7 heteroatoms. The Morgan fingerprint density at radius 2 is 2.04 bits per heavy atom. The number of nitrogens with zero attached hydrogens (tertiary/aromatic N) is 2. The molecular weight excluding hydrogens is 356 g/mol. The van der Waals surface area contributed by atoms with Gasteiger partial charge in [-0.3, -0.25) is 9.36 Å². The highest BCUT2D eigenvalue weighted by atomic mass is 35.5. The average Bonchev–Trinajstić information content (AvgIpc) is 3.03. The molecule has 2 heterocycles. The van der Waals surface area contributed by atoms with Gasteiger partial charge in [0, 0.05) is 35.2 Å². The zero-order chi connectivity index (χ0) is 19.0. The summed E-state index contributed by atoms with van der Waals surface area (Å²) in [4.78, 5) is 25.0. The van der Waals surface area contributed by atoms with Gasteiger partial charge in [-0.2, -0.15) is 0 Å². The molecule has 0 N–H and O–H groups in total. The summed E-state index contributed by atoms with van der Waals surface area (Å²) in [7, 11) is 1.65. The molecule has 0 aliphatic carbocycles. The van der Waals surface area contributed by atoms with Crippen molar-refractivity contribution in [3.05, 3.63) is 56.8 Å². The third kappa shape index (κ3) is 3.22. The summed E-state index contributed by atoms with van der Waals surface area (Å²) in [6, 6.07) is 6.88. The molecule has 0 fully saturated rings. The van der Waals surface area contributed by atoms with Crippen LogP contribution in [0.5, 0.6) is 0 Å². The van der Waals surface area contributed by atoms with Crippen molar-refractivity contribution in [1.29, 1.82) is 0 Å². The second kappa shape index (κ2) is 7.13. The van der Waals surface area contributed by atoms with Crippen molar-refractivity contribution in [2.24, 2.45) is 0 Å². The standard InChI is InChI=1S/C19H21ClN2O4/c1-11-7-15(13(3)22(11)12(2)10-25-4)17(23)9-21-16-6-5-14(20)8-18(16)26-19(21)24/h5-8,12H,9-10H2,1-4H3/t12-/m0/s1. The lowest BCUT2D eigenvalue weighted by molar-refractivity contribution is 0.0969. The lowest BCUT2D eigenvalue weighted by atomic mass is 10.1. The van der Waals surface area contributed by atoms with E-state index in [-0.39, 0.29) is 18.4 Å². The van der Waals surface area contributed by atoms with Gasteiger partial charge in [0.1, 0.15) is 0 Å². The van der Waals surface area contributed by atoms with Gasteiger partial charge >= 0.3 is 5.76 Å². The Hall–Kier alpha value is -2.31. The van der Waals surface area contributed by atoms with Crippen LogP contribution >= 0.6 is 11.6 Å². The number of Topliss-reactive ketones (excluding diaryl/α,β-unsaturated/α-hetero) is 1. The minimum absolute atomic E-state index is 0.0869. The van der Waals surface area contributed by atoms with E-state index < -0.39 is 5.76 Å². The van der Waals surface area contributed by atoms with Crippen molar-refractivity contribution in [2.45, 2.75) is 33.4 Å². The molecule has 138 valence electrons. The Morgan fingerprint density at radius 3 is 2.73 bits per heavy atom. The van der Waals surface area contributed by atoms with Gasteiger partial charge in [0.2, 0.25) is 0 Å². The molecule has 2 aromatic heterocycles. The first-order chi connectivity index (χ1) is 12.3. The molecule has 0 saturated carbocycles. The van der Waals surface area contributed by atoms with Gasteiger partial charge in [-0.15, -0.1) is 0 Å². The van der Waals surface area contributed by atoms with Crippen molar-refractivity contribution in [2.75, 3.05) is 13.7 Å². The maximum absolute atomic E-state index is 12.9. The van der Waals surface area contributed by atoms with E-state index in [1.54, 1.807) is 25.3 Å². The number of ketones is 1. The van der Waals surface area contributed by atoms with E-state index in [1.807, 2.05) is 26.8 Å². The first-order valence-corrected chi connectivity index (χ1v) is 8.70. The summed E-state index contributed by atoms with van der Waals surface area (Å²) in [5.41, 5.74) is 3.36. The number of hydrogen-bond acceptors (Lipinski definition) is 4. The van der Waals surface area contributed by atoms with Crippen molar-refractivity contribution in [1.82, 2.24) is 9.13 Å². The van der Waals surface area contributed by atoms with E-state index in [9.17, 15) is 9.59 Å². The summed E-state index contributed by atoms with van der Waals surface area (Å²) in [5.74, 6) is -0.717. The minimum Gasteiger partial charge on any atom is -0.408 e. The van der Waals surface area contributed by atoms with E-state index in [1.165, 1.54) is 4.57 Å². The number of halogens is 1. The van der Waals surface area contributed by atoms with Crippen molar-refractivity contribution in [3.63, 3.8) is 0 Å². The molecule has 0 radical (unpaired) electrons. The molecule has 26 heavy (non-hydrogen) atoms. The molecule has 0 bridgehead atoms. The van der Waals surface area contributed by atoms with E-state index in [0.717, 1.165) is 11.4 Å². The normalized spacial score (nSPS) is 12.7. The predicted molar refractivity (Wildman–Crippen MR) is 100 cm³/mol. The second-order valence-corrected chi connectivity index (χ2v) is 6.88. The highest BCUT2D eigenvalue weighted by molar-refractivity contribution is 6.31. The van der Waals surface area contributed by atoms with Crippen LogP contribution in [0.3, 0.4) is 0 Å². The Morgan fingerprint density at radius 1 is 1.31 bits per heavy atom. The highest BCUT2D eigenvalue weighted by Gasteiger charge is 2.21. The lowest BCUT2D eigenvalue weighted by Crippen LogP contribution is -2.21. The SMILES string of the molecule is COC[C@H](C)n1c(C)cc(C(=O)Cn2c(=O)oc3cc(Cl)ccc32)c1C. The molecule has 0 spiro atoms. The number of oxazole rings is 1. The molecule has 1 aromatic carbocycles. The van der Waals surface area contributed by atoms with Crippen molar-refractivity contribution < 1.29 is 13.9 Å². The molecule has 3 rings (SSSR count). The van der Waals surface area contributed by atoms with Gasteiger partial charge in [-0.1, -0.05) is 11.6 Å². The van der Waals surface area contributed by atoms with Gasteiger partial charge < -0.3 is 13.7 Å². The fraction of sp³-hybridized carbons (Fsp3) is 0.368. The Kier molecular flexibility index (Phi) is 5.07. The average molecular weight is 377 g/mol. The number of aryl methyl sites for hydroxylation is 1. The van der Waals surface area contributed by atoms with Crippen LogP contribution in [0, 0.1) is 13.8 Å². The number of rotatable bonds is 6.